The van der Waals surface area contributed by atoms with Crippen LogP contribution in [0.1, 0.15) is 79.6 Å². The normalized spacial score (nSPS) is 25.6. The number of hydrogen-bond donors (Lipinski definition) is 0. The summed E-state index contributed by atoms with van der Waals surface area (Å²) in [6.45, 7) is 11.6. The summed E-state index contributed by atoms with van der Waals surface area (Å²) < 4.78 is 0. The van der Waals surface area contributed by atoms with Gasteiger partial charge >= 0.3 is 0 Å². The molecule has 0 aromatic heterocycles. The van der Waals surface area contributed by atoms with E-state index in [1.165, 1.54) is 44.9 Å². The van der Waals surface area contributed by atoms with Gasteiger partial charge in [-0.15, -0.1) is 0 Å². The molecule has 4 atom stereocenters. The fourth-order valence-corrected chi connectivity index (χ4v) is 3.26. The first-order chi connectivity index (χ1) is 10.6. The molecule has 4 unspecified atom stereocenters. The van der Waals surface area contributed by atoms with Crippen molar-refractivity contribution in [2.45, 2.75) is 79.6 Å². The molecule has 1 aliphatic rings. The number of allylic oxidation sites excluding steroid dienone is 6. The third-order valence-electron chi connectivity index (χ3n) is 5.20. The van der Waals surface area contributed by atoms with Crippen LogP contribution in [0.5, 0.6) is 0 Å². The van der Waals surface area contributed by atoms with Crippen LogP contribution in [0.3, 0.4) is 0 Å². The molecule has 1 rings (SSSR count). The van der Waals surface area contributed by atoms with Gasteiger partial charge < -0.3 is 0 Å². The molecule has 0 fully saturated rings. The number of unbranched alkanes of at least 4 members (excludes halogenated alkanes) is 1. The van der Waals surface area contributed by atoms with Crippen LogP contribution in [0.25, 0.3) is 0 Å². The molecule has 0 amide bonds. The SMILES string of the molecule is CCCC=C(C=CC(CC)C1C=CC(C)CC1)CC(C)CC. The highest BCUT2D eigenvalue weighted by Crippen LogP contribution is 2.31. The quantitative estimate of drug-likeness (QED) is 0.309. The van der Waals surface area contributed by atoms with E-state index in [4.69, 9.17) is 0 Å². The molecule has 0 radical (unpaired) electrons. The van der Waals surface area contributed by atoms with Gasteiger partial charge in [0.05, 0.1) is 0 Å². The summed E-state index contributed by atoms with van der Waals surface area (Å²) >= 11 is 0. The summed E-state index contributed by atoms with van der Waals surface area (Å²) in [6.07, 6.45) is 21.3. The molecule has 1 aliphatic carbocycles. The van der Waals surface area contributed by atoms with Gasteiger partial charge in [-0.05, 0) is 55.8 Å². The van der Waals surface area contributed by atoms with Gasteiger partial charge in [-0.1, -0.05) is 83.4 Å². The zero-order valence-corrected chi connectivity index (χ0v) is 15.6. The van der Waals surface area contributed by atoms with E-state index >= 15 is 0 Å². The van der Waals surface area contributed by atoms with E-state index in [0.29, 0.717) is 5.92 Å². The van der Waals surface area contributed by atoms with Crippen molar-refractivity contribution in [3.63, 3.8) is 0 Å². The molecular formula is C22H38. The molecule has 0 saturated carbocycles. The molecule has 0 saturated heterocycles. The van der Waals surface area contributed by atoms with E-state index in [0.717, 1.165) is 17.8 Å². The summed E-state index contributed by atoms with van der Waals surface area (Å²) in [5.41, 5.74) is 1.56. The fraction of sp³-hybridized carbons (Fsp3) is 0.727. The smallest absolute Gasteiger partial charge is 0.0170 e. The molecule has 0 aromatic rings. The third-order valence-corrected chi connectivity index (χ3v) is 5.20. The lowest BCUT2D eigenvalue weighted by atomic mass is 9.80. The van der Waals surface area contributed by atoms with Gasteiger partial charge in [0.2, 0.25) is 0 Å². The van der Waals surface area contributed by atoms with E-state index in [9.17, 15) is 0 Å². The monoisotopic (exact) mass is 302 g/mol. The Hall–Kier alpha value is -0.780. The van der Waals surface area contributed by atoms with Crippen molar-refractivity contribution in [3.8, 4) is 0 Å². The molecule has 0 heteroatoms. The largest absolute Gasteiger partial charge is 0.0854 e. The van der Waals surface area contributed by atoms with Crippen LogP contribution in [0, 0.1) is 23.7 Å². The van der Waals surface area contributed by atoms with Gasteiger partial charge in [0.15, 0.2) is 0 Å². The lowest BCUT2D eigenvalue weighted by Crippen LogP contribution is -2.14. The molecule has 0 N–H and O–H groups in total. The van der Waals surface area contributed by atoms with Crippen molar-refractivity contribution in [1.29, 1.82) is 0 Å². The van der Waals surface area contributed by atoms with Crippen LogP contribution in [-0.4, -0.2) is 0 Å². The van der Waals surface area contributed by atoms with Crippen LogP contribution in [0.15, 0.2) is 36.0 Å². The predicted molar refractivity (Wildman–Crippen MR) is 101 cm³/mol. The van der Waals surface area contributed by atoms with Crippen LogP contribution in [0.2, 0.25) is 0 Å². The fourth-order valence-electron chi connectivity index (χ4n) is 3.26. The van der Waals surface area contributed by atoms with E-state index in [1.807, 2.05) is 0 Å². The zero-order valence-electron chi connectivity index (χ0n) is 15.6. The Morgan fingerprint density at radius 2 is 1.91 bits per heavy atom. The van der Waals surface area contributed by atoms with Crippen molar-refractivity contribution in [2.75, 3.05) is 0 Å². The van der Waals surface area contributed by atoms with Crippen molar-refractivity contribution in [1.82, 2.24) is 0 Å². The Morgan fingerprint density at radius 1 is 1.14 bits per heavy atom. The maximum Gasteiger partial charge on any atom is -0.0170 e. The first kappa shape index (κ1) is 19.3. The second-order valence-corrected chi connectivity index (χ2v) is 7.32. The number of rotatable bonds is 9. The summed E-state index contributed by atoms with van der Waals surface area (Å²) in [5.74, 6) is 3.05. The highest BCUT2D eigenvalue weighted by Gasteiger charge is 2.19. The van der Waals surface area contributed by atoms with Gasteiger partial charge in [-0.2, -0.15) is 0 Å². The highest BCUT2D eigenvalue weighted by atomic mass is 14.2. The van der Waals surface area contributed by atoms with Crippen molar-refractivity contribution < 1.29 is 0 Å². The van der Waals surface area contributed by atoms with Crippen LogP contribution < -0.4 is 0 Å². The van der Waals surface area contributed by atoms with E-state index < -0.39 is 0 Å². The van der Waals surface area contributed by atoms with Gasteiger partial charge in [0, 0.05) is 0 Å². The predicted octanol–water partition coefficient (Wildman–Crippen LogP) is 7.33. The third kappa shape index (κ3) is 6.99. The van der Waals surface area contributed by atoms with Crippen LogP contribution in [-0.2, 0) is 0 Å². The van der Waals surface area contributed by atoms with Crippen molar-refractivity contribution >= 4 is 0 Å². The van der Waals surface area contributed by atoms with Gasteiger partial charge in [-0.25, -0.2) is 0 Å². The zero-order chi connectivity index (χ0) is 16.4. The standard InChI is InChI=1S/C22H38/c1-6-9-10-20(17-18(4)7-2)13-16-21(8-3)22-14-11-19(5)12-15-22/h10-11,13-14,16,18-19,21-22H,6-9,12,15,17H2,1-5H3. The minimum atomic E-state index is 0.714. The molecule has 0 heterocycles. The van der Waals surface area contributed by atoms with Gasteiger partial charge in [-0.3, -0.25) is 0 Å². The lowest BCUT2D eigenvalue weighted by molar-refractivity contribution is 0.383. The Morgan fingerprint density at radius 3 is 2.45 bits per heavy atom. The van der Waals surface area contributed by atoms with Gasteiger partial charge in [0.25, 0.3) is 0 Å². The minimum absolute atomic E-state index is 0.714. The van der Waals surface area contributed by atoms with Crippen molar-refractivity contribution in [2.24, 2.45) is 23.7 Å². The summed E-state index contributed by atoms with van der Waals surface area (Å²) in [5, 5.41) is 0. The molecule has 0 nitrogen and oxygen atoms in total. The first-order valence-corrected chi connectivity index (χ1v) is 9.66. The van der Waals surface area contributed by atoms with E-state index in [-0.39, 0.29) is 0 Å². The Balaban J connectivity index is 2.71. The van der Waals surface area contributed by atoms with E-state index in [2.05, 4.69) is 65.0 Å². The first-order valence-electron chi connectivity index (χ1n) is 9.66. The Labute approximate surface area is 139 Å². The number of hydrogen-bond acceptors (Lipinski definition) is 0. The molecule has 22 heavy (non-hydrogen) atoms. The topological polar surface area (TPSA) is 0 Å². The van der Waals surface area contributed by atoms with Gasteiger partial charge in [0.1, 0.15) is 0 Å². The van der Waals surface area contributed by atoms with Crippen molar-refractivity contribution in [3.05, 3.63) is 36.0 Å². The van der Waals surface area contributed by atoms with Crippen LogP contribution >= 0.6 is 0 Å². The second kappa shape index (κ2) is 10.9. The molecule has 126 valence electrons. The molecule has 0 aromatic carbocycles. The maximum absolute atomic E-state index is 2.51. The molecule has 0 bridgehead atoms. The summed E-state index contributed by atoms with van der Waals surface area (Å²) in [4.78, 5) is 0. The molecule has 0 spiro atoms. The lowest BCUT2D eigenvalue weighted by Gasteiger charge is -2.26. The maximum atomic E-state index is 2.51. The average molecular weight is 303 g/mol. The Bertz CT molecular complexity index is 371. The minimum Gasteiger partial charge on any atom is -0.0854 e. The van der Waals surface area contributed by atoms with Crippen LogP contribution in [0.4, 0.5) is 0 Å². The molecule has 0 aliphatic heterocycles. The average Bonchev–Trinajstić information content (AvgIpc) is 2.54. The highest BCUT2D eigenvalue weighted by molar-refractivity contribution is 5.20. The summed E-state index contributed by atoms with van der Waals surface area (Å²) in [6, 6.07) is 0. The van der Waals surface area contributed by atoms with E-state index in [1.54, 1.807) is 5.57 Å². The summed E-state index contributed by atoms with van der Waals surface area (Å²) in [7, 11) is 0. The second-order valence-electron chi connectivity index (χ2n) is 7.32. The molecular weight excluding hydrogens is 264 g/mol. The Kier molecular flexibility index (Phi) is 9.52.